The van der Waals surface area contributed by atoms with E-state index in [1.165, 1.54) is 11.3 Å². The lowest BCUT2D eigenvalue weighted by Gasteiger charge is -2.23. The molecule has 0 unspecified atom stereocenters. The Hall–Kier alpha value is -1.64. The lowest BCUT2D eigenvalue weighted by molar-refractivity contribution is 0.636. The summed E-state index contributed by atoms with van der Waals surface area (Å²) in [7, 11) is 0. The molecule has 25 heavy (non-hydrogen) atoms. The second-order valence-corrected chi connectivity index (χ2v) is 5.96. The van der Waals surface area contributed by atoms with Crippen LogP contribution in [0.15, 0.2) is 35.6 Å². The number of fused-ring (bicyclic) bond motifs is 1. The smallest absolute Gasteiger partial charge is 0.198 e. The highest BCUT2D eigenvalue weighted by Gasteiger charge is 2.22. The van der Waals surface area contributed by atoms with Gasteiger partial charge in [0.15, 0.2) is 5.96 Å². The van der Waals surface area contributed by atoms with Crippen LogP contribution in [0, 0.1) is 0 Å². The normalized spacial score (nSPS) is 13.5. The fourth-order valence-electron chi connectivity index (χ4n) is 3.04. The van der Waals surface area contributed by atoms with Crippen molar-refractivity contribution >= 4 is 35.6 Å². The van der Waals surface area contributed by atoms with Crippen LogP contribution in [0.5, 0.6) is 0 Å². The number of halogens is 1. The van der Waals surface area contributed by atoms with Crippen molar-refractivity contribution in [3.63, 3.8) is 0 Å². The highest BCUT2D eigenvalue weighted by Crippen LogP contribution is 2.27. The van der Waals surface area contributed by atoms with Crippen LogP contribution in [0.25, 0.3) is 0 Å². The summed E-state index contributed by atoms with van der Waals surface area (Å²) in [5.74, 6) is 2.00. The number of guanidine groups is 1. The van der Waals surface area contributed by atoms with Crippen molar-refractivity contribution in [2.75, 3.05) is 24.5 Å². The van der Waals surface area contributed by atoms with E-state index in [0.29, 0.717) is 0 Å². The first-order valence-corrected chi connectivity index (χ1v) is 8.84. The summed E-state index contributed by atoms with van der Waals surface area (Å²) in [6.07, 6.45) is 4.82. The van der Waals surface area contributed by atoms with Crippen molar-refractivity contribution in [1.82, 2.24) is 20.1 Å². The highest BCUT2D eigenvalue weighted by molar-refractivity contribution is 14.0. The molecule has 0 radical (unpaired) electrons. The number of aromatic nitrogens is 3. The van der Waals surface area contributed by atoms with Gasteiger partial charge in [-0.3, -0.25) is 4.99 Å². The van der Waals surface area contributed by atoms with Gasteiger partial charge in [0.2, 0.25) is 0 Å². The van der Waals surface area contributed by atoms with E-state index in [9.17, 15) is 0 Å². The van der Waals surface area contributed by atoms with Crippen molar-refractivity contribution in [3.8, 4) is 0 Å². The van der Waals surface area contributed by atoms with Crippen LogP contribution >= 0.6 is 24.0 Å². The Morgan fingerprint density at radius 3 is 2.92 bits per heavy atom. The van der Waals surface area contributed by atoms with Gasteiger partial charge in [-0.25, -0.2) is 0 Å². The molecule has 0 saturated heterocycles. The maximum atomic E-state index is 4.78. The number of hydrogen-bond donors (Lipinski definition) is 1. The molecule has 136 valence electrons. The Morgan fingerprint density at radius 2 is 2.12 bits per heavy atom. The van der Waals surface area contributed by atoms with E-state index in [2.05, 4.69) is 63.1 Å². The number of aryl methyl sites for hydroxylation is 1. The zero-order valence-electron chi connectivity index (χ0n) is 15.0. The van der Waals surface area contributed by atoms with E-state index in [1.807, 2.05) is 0 Å². The average molecular weight is 454 g/mol. The van der Waals surface area contributed by atoms with Gasteiger partial charge < -0.3 is 14.8 Å². The number of rotatable bonds is 6. The molecule has 1 aliphatic rings. The molecule has 2 heterocycles. The van der Waals surface area contributed by atoms with Crippen molar-refractivity contribution in [2.24, 2.45) is 4.99 Å². The molecular formula is C18H27IN6. The topological polar surface area (TPSA) is 58.3 Å². The molecule has 3 rings (SSSR count). The SMILES string of the molecule is CCCN=C(NCCn1cnnc1CC)N1CCc2ccccc21.I. The fourth-order valence-corrected chi connectivity index (χ4v) is 3.04. The summed E-state index contributed by atoms with van der Waals surface area (Å²) in [6.45, 7) is 7.74. The molecule has 0 bridgehead atoms. The molecular weight excluding hydrogens is 427 g/mol. The van der Waals surface area contributed by atoms with E-state index in [-0.39, 0.29) is 24.0 Å². The van der Waals surface area contributed by atoms with Gasteiger partial charge in [-0.05, 0) is 24.5 Å². The number of aliphatic imine (C=N–C) groups is 1. The second-order valence-electron chi connectivity index (χ2n) is 5.96. The Morgan fingerprint density at radius 1 is 1.28 bits per heavy atom. The first-order valence-electron chi connectivity index (χ1n) is 8.84. The van der Waals surface area contributed by atoms with Gasteiger partial charge in [0, 0.05) is 38.3 Å². The molecule has 1 N–H and O–H groups in total. The Bertz CT molecular complexity index is 696. The van der Waals surface area contributed by atoms with Gasteiger partial charge in [-0.1, -0.05) is 32.0 Å². The lowest BCUT2D eigenvalue weighted by atomic mass is 10.2. The van der Waals surface area contributed by atoms with Gasteiger partial charge in [0.1, 0.15) is 12.2 Å². The van der Waals surface area contributed by atoms with Crippen molar-refractivity contribution < 1.29 is 0 Å². The average Bonchev–Trinajstić information content (AvgIpc) is 3.24. The van der Waals surface area contributed by atoms with E-state index in [4.69, 9.17) is 4.99 Å². The number of benzene rings is 1. The van der Waals surface area contributed by atoms with Crippen molar-refractivity contribution in [3.05, 3.63) is 42.0 Å². The molecule has 1 aromatic heterocycles. The Labute approximate surface area is 166 Å². The van der Waals surface area contributed by atoms with Crippen LogP contribution in [-0.4, -0.2) is 40.4 Å². The summed E-state index contributed by atoms with van der Waals surface area (Å²) < 4.78 is 2.10. The molecule has 0 aliphatic carbocycles. The van der Waals surface area contributed by atoms with Gasteiger partial charge in [0.25, 0.3) is 0 Å². The molecule has 0 spiro atoms. The van der Waals surface area contributed by atoms with E-state index in [0.717, 1.165) is 57.2 Å². The maximum absolute atomic E-state index is 4.78. The minimum absolute atomic E-state index is 0. The van der Waals surface area contributed by atoms with E-state index < -0.39 is 0 Å². The van der Waals surface area contributed by atoms with Crippen LogP contribution in [0.1, 0.15) is 31.7 Å². The summed E-state index contributed by atoms with van der Waals surface area (Å²) in [5.41, 5.74) is 2.67. The summed E-state index contributed by atoms with van der Waals surface area (Å²) in [4.78, 5) is 7.08. The first-order chi connectivity index (χ1) is 11.8. The maximum Gasteiger partial charge on any atom is 0.198 e. The molecule has 6 nitrogen and oxygen atoms in total. The molecule has 0 saturated carbocycles. The quantitative estimate of drug-likeness (QED) is 0.415. The molecule has 0 fully saturated rings. The monoisotopic (exact) mass is 454 g/mol. The molecule has 7 heteroatoms. The third kappa shape index (κ3) is 4.71. The van der Waals surface area contributed by atoms with Gasteiger partial charge in [-0.2, -0.15) is 0 Å². The largest absolute Gasteiger partial charge is 0.354 e. The Kier molecular flexibility index (Phi) is 7.67. The molecule has 2 aromatic rings. The fraction of sp³-hybridized carbons (Fsp3) is 0.500. The number of nitrogens with zero attached hydrogens (tertiary/aromatic N) is 5. The standard InChI is InChI=1S/C18H26N6.HI/c1-3-10-19-18(20-11-13-23-14-21-22-17(23)4-2)24-12-9-15-7-5-6-8-16(15)24;/h5-8,14H,3-4,9-13H2,1-2H3,(H,19,20);1H. The van der Waals surface area contributed by atoms with Crippen LogP contribution < -0.4 is 10.2 Å². The lowest BCUT2D eigenvalue weighted by Crippen LogP contribution is -2.42. The minimum atomic E-state index is 0. The predicted octanol–water partition coefficient (Wildman–Crippen LogP) is 2.88. The summed E-state index contributed by atoms with van der Waals surface area (Å²) in [5, 5.41) is 11.7. The predicted molar refractivity (Wildman–Crippen MR) is 113 cm³/mol. The van der Waals surface area contributed by atoms with Crippen molar-refractivity contribution in [2.45, 2.75) is 39.7 Å². The third-order valence-corrected chi connectivity index (χ3v) is 4.28. The van der Waals surface area contributed by atoms with Crippen molar-refractivity contribution in [1.29, 1.82) is 0 Å². The molecule has 1 aromatic carbocycles. The number of nitrogens with one attached hydrogen (secondary N) is 1. The second kappa shape index (κ2) is 9.74. The highest BCUT2D eigenvalue weighted by atomic mass is 127. The summed E-state index contributed by atoms with van der Waals surface area (Å²) in [6, 6.07) is 8.59. The van der Waals surface area contributed by atoms with Gasteiger partial charge in [-0.15, -0.1) is 34.2 Å². The zero-order valence-corrected chi connectivity index (χ0v) is 17.3. The van der Waals surface area contributed by atoms with Gasteiger partial charge >= 0.3 is 0 Å². The molecule has 0 amide bonds. The van der Waals surface area contributed by atoms with Crippen LogP contribution in [0.2, 0.25) is 0 Å². The molecule has 1 aliphatic heterocycles. The van der Waals surface area contributed by atoms with Crippen LogP contribution in [-0.2, 0) is 19.4 Å². The molecule has 0 atom stereocenters. The Balaban J connectivity index is 0.00000225. The zero-order chi connectivity index (χ0) is 16.8. The van der Waals surface area contributed by atoms with Crippen LogP contribution in [0.3, 0.4) is 0 Å². The first kappa shape index (κ1) is 19.7. The third-order valence-electron chi connectivity index (χ3n) is 4.28. The summed E-state index contributed by atoms with van der Waals surface area (Å²) >= 11 is 0. The van der Waals surface area contributed by atoms with E-state index >= 15 is 0 Å². The number of hydrogen-bond acceptors (Lipinski definition) is 3. The minimum Gasteiger partial charge on any atom is -0.354 e. The number of anilines is 1. The van der Waals surface area contributed by atoms with Gasteiger partial charge in [0.05, 0.1) is 0 Å². The van der Waals surface area contributed by atoms with E-state index in [1.54, 1.807) is 6.33 Å². The number of para-hydroxylation sites is 1. The van der Waals surface area contributed by atoms with Crippen LogP contribution in [0.4, 0.5) is 5.69 Å².